The van der Waals surface area contributed by atoms with E-state index in [-0.39, 0.29) is 6.42 Å². The molecule has 0 bridgehead atoms. The lowest BCUT2D eigenvalue weighted by Crippen LogP contribution is -2.24. The number of hydrazone groups is 1. The number of hydrogen-bond donors (Lipinski definition) is 2. The van der Waals surface area contributed by atoms with E-state index in [2.05, 4.69) is 15.8 Å². The molecule has 0 aliphatic heterocycles. The third-order valence-corrected chi connectivity index (χ3v) is 3.80. The molecule has 0 aromatic heterocycles. The molecule has 2 aromatic rings. The van der Waals surface area contributed by atoms with E-state index in [1.165, 1.54) is 6.21 Å². The van der Waals surface area contributed by atoms with Crippen molar-refractivity contribution in [2.24, 2.45) is 5.10 Å². The van der Waals surface area contributed by atoms with Gasteiger partial charge in [-0.2, -0.15) is 5.10 Å². The number of aryl methyl sites for hydroxylation is 1. The van der Waals surface area contributed by atoms with E-state index >= 15 is 0 Å². The van der Waals surface area contributed by atoms with Gasteiger partial charge in [-0.3, -0.25) is 9.59 Å². The van der Waals surface area contributed by atoms with Gasteiger partial charge in [0.2, 0.25) is 11.8 Å². The van der Waals surface area contributed by atoms with Crippen LogP contribution in [0, 0.1) is 6.92 Å². The van der Waals surface area contributed by atoms with E-state index in [0.29, 0.717) is 23.1 Å². The molecule has 0 saturated carbocycles. The summed E-state index contributed by atoms with van der Waals surface area (Å²) < 4.78 is 5.46. The van der Waals surface area contributed by atoms with Gasteiger partial charge in [0.1, 0.15) is 12.2 Å². The normalized spacial score (nSPS) is 10.6. The molecule has 7 heteroatoms. The molecule has 6 nitrogen and oxygen atoms in total. The molecule has 0 spiro atoms. The zero-order valence-corrected chi connectivity index (χ0v) is 15.3. The number of carbonyl (C=O) groups is 2. The van der Waals surface area contributed by atoms with Gasteiger partial charge in [0, 0.05) is 16.3 Å². The second-order valence-electron chi connectivity index (χ2n) is 5.45. The number of rotatable bonds is 7. The molecule has 2 amide bonds. The van der Waals surface area contributed by atoms with Crippen molar-refractivity contribution in [1.82, 2.24) is 5.43 Å². The first kappa shape index (κ1) is 19.5. The molecule has 0 atom stereocenters. The fraction of sp³-hybridized carbons (Fsp3) is 0.211. The highest BCUT2D eigenvalue weighted by atomic mass is 35.5. The zero-order valence-electron chi connectivity index (χ0n) is 14.6. The van der Waals surface area contributed by atoms with Crippen molar-refractivity contribution in [2.45, 2.75) is 20.3 Å². The number of hydrogen-bond acceptors (Lipinski definition) is 4. The number of benzene rings is 2. The first-order valence-corrected chi connectivity index (χ1v) is 8.47. The lowest BCUT2D eigenvalue weighted by Gasteiger charge is -2.07. The molecule has 2 N–H and O–H groups in total. The topological polar surface area (TPSA) is 79.8 Å². The lowest BCUT2D eigenvalue weighted by atomic mass is 10.2. The fourth-order valence-electron chi connectivity index (χ4n) is 2.11. The summed E-state index contributed by atoms with van der Waals surface area (Å²) in [5.41, 5.74) is 4.50. The molecule has 2 aromatic carbocycles. The number of halogens is 1. The minimum absolute atomic E-state index is 0.351. The SMILES string of the molecule is CCOc1ccccc1C=NNC(=O)CC(=O)Nc1ccc(C)c(Cl)c1. The highest BCUT2D eigenvalue weighted by Crippen LogP contribution is 2.20. The van der Waals surface area contributed by atoms with Gasteiger partial charge >= 0.3 is 0 Å². The Hall–Kier alpha value is -2.86. The Morgan fingerprint density at radius 1 is 1.19 bits per heavy atom. The average Bonchev–Trinajstić information content (AvgIpc) is 2.60. The van der Waals surface area contributed by atoms with Crippen LogP contribution in [-0.4, -0.2) is 24.6 Å². The van der Waals surface area contributed by atoms with E-state index in [9.17, 15) is 9.59 Å². The number of nitrogens with zero attached hydrogens (tertiary/aromatic N) is 1. The summed E-state index contributed by atoms with van der Waals surface area (Å²) in [5.74, 6) is -0.305. The van der Waals surface area contributed by atoms with Crippen LogP contribution < -0.4 is 15.5 Å². The van der Waals surface area contributed by atoms with Crippen LogP contribution >= 0.6 is 11.6 Å². The second-order valence-corrected chi connectivity index (χ2v) is 5.86. The molecule has 26 heavy (non-hydrogen) atoms. The van der Waals surface area contributed by atoms with Crippen LogP contribution in [0.4, 0.5) is 5.69 Å². The van der Waals surface area contributed by atoms with Crippen LogP contribution in [0.1, 0.15) is 24.5 Å². The van der Waals surface area contributed by atoms with Gasteiger partial charge < -0.3 is 10.1 Å². The van der Waals surface area contributed by atoms with Gasteiger partial charge in [0.05, 0.1) is 12.8 Å². The molecular formula is C19H20ClN3O3. The van der Waals surface area contributed by atoms with Crippen LogP contribution in [0.3, 0.4) is 0 Å². The number of nitrogens with one attached hydrogen (secondary N) is 2. The van der Waals surface area contributed by atoms with Crippen LogP contribution in [0.5, 0.6) is 5.75 Å². The molecule has 0 saturated heterocycles. The first-order valence-electron chi connectivity index (χ1n) is 8.09. The molecule has 0 aliphatic carbocycles. The van der Waals surface area contributed by atoms with Crippen LogP contribution in [0.2, 0.25) is 5.02 Å². The average molecular weight is 374 g/mol. The zero-order chi connectivity index (χ0) is 18.9. The number of para-hydroxylation sites is 1. The molecule has 0 fully saturated rings. The van der Waals surface area contributed by atoms with Crippen molar-refractivity contribution in [2.75, 3.05) is 11.9 Å². The third-order valence-electron chi connectivity index (χ3n) is 3.39. The predicted molar refractivity (Wildman–Crippen MR) is 103 cm³/mol. The summed E-state index contributed by atoms with van der Waals surface area (Å²) in [6, 6.07) is 12.5. The van der Waals surface area contributed by atoms with Gasteiger partial charge in [-0.1, -0.05) is 29.8 Å². The monoisotopic (exact) mass is 373 g/mol. The number of carbonyl (C=O) groups excluding carboxylic acids is 2. The number of anilines is 1. The Kier molecular flexibility index (Phi) is 7.17. The van der Waals surface area contributed by atoms with Crippen molar-refractivity contribution in [3.05, 3.63) is 58.6 Å². The van der Waals surface area contributed by atoms with Crippen molar-refractivity contribution >= 4 is 35.3 Å². The molecule has 0 unspecified atom stereocenters. The van der Waals surface area contributed by atoms with Crippen molar-refractivity contribution in [1.29, 1.82) is 0 Å². The number of amides is 2. The summed E-state index contributed by atoms with van der Waals surface area (Å²) in [4.78, 5) is 23.7. The highest BCUT2D eigenvalue weighted by Gasteiger charge is 2.09. The van der Waals surface area contributed by atoms with Crippen molar-refractivity contribution in [3.63, 3.8) is 0 Å². The maximum atomic E-state index is 11.9. The van der Waals surface area contributed by atoms with Gasteiger partial charge in [-0.05, 0) is 43.7 Å². The quantitative estimate of drug-likeness (QED) is 0.442. The first-order chi connectivity index (χ1) is 12.5. The summed E-state index contributed by atoms with van der Waals surface area (Å²) in [6.45, 7) is 4.28. The minimum atomic E-state index is -0.522. The Balaban J connectivity index is 1.86. The summed E-state index contributed by atoms with van der Waals surface area (Å²) in [5, 5.41) is 7.03. The van der Waals surface area contributed by atoms with Gasteiger partial charge in [-0.25, -0.2) is 5.43 Å². The van der Waals surface area contributed by atoms with Crippen LogP contribution in [0.25, 0.3) is 0 Å². The summed E-state index contributed by atoms with van der Waals surface area (Å²) in [6.07, 6.45) is 1.12. The Bertz CT molecular complexity index is 821. The molecule has 2 rings (SSSR count). The molecule has 136 valence electrons. The maximum absolute atomic E-state index is 11.9. The largest absolute Gasteiger partial charge is 0.493 e. The Labute approximate surface area is 157 Å². The van der Waals surface area contributed by atoms with E-state index in [0.717, 1.165) is 11.1 Å². The van der Waals surface area contributed by atoms with E-state index in [1.807, 2.05) is 38.1 Å². The maximum Gasteiger partial charge on any atom is 0.249 e. The van der Waals surface area contributed by atoms with Crippen LogP contribution in [0.15, 0.2) is 47.6 Å². The second kappa shape index (κ2) is 9.58. The summed E-state index contributed by atoms with van der Waals surface area (Å²) >= 11 is 6.00. The third kappa shape index (κ3) is 5.89. The van der Waals surface area contributed by atoms with Crippen molar-refractivity contribution < 1.29 is 14.3 Å². The van der Waals surface area contributed by atoms with Gasteiger partial charge in [-0.15, -0.1) is 0 Å². The molecule has 0 heterocycles. The molecule has 0 radical (unpaired) electrons. The standard InChI is InChI=1S/C19H20ClN3O3/c1-3-26-17-7-5-4-6-14(17)12-21-23-19(25)11-18(24)22-15-9-8-13(2)16(20)10-15/h4-10,12H,3,11H2,1-2H3,(H,22,24)(H,23,25). The van der Waals surface area contributed by atoms with Gasteiger partial charge in [0.25, 0.3) is 0 Å². The Morgan fingerprint density at radius 2 is 1.96 bits per heavy atom. The highest BCUT2D eigenvalue weighted by molar-refractivity contribution is 6.31. The summed E-state index contributed by atoms with van der Waals surface area (Å²) in [7, 11) is 0. The van der Waals surface area contributed by atoms with Crippen molar-refractivity contribution in [3.8, 4) is 5.75 Å². The van der Waals surface area contributed by atoms with E-state index in [1.54, 1.807) is 18.2 Å². The molecule has 0 aliphatic rings. The van der Waals surface area contributed by atoms with E-state index < -0.39 is 11.8 Å². The lowest BCUT2D eigenvalue weighted by molar-refractivity contribution is -0.126. The molecular weight excluding hydrogens is 354 g/mol. The number of ether oxygens (including phenoxy) is 1. The minimum Gasteiger partial charge on any atom is -0.493 e. The fourth-order valence-corrected chi connectivity index (χ4v) is 2.29. The smallest absolute Gasteiger partial charge is 0.249 e. The van der Waals surface area contributed by atoms with E-state index in [4.69, 9.17) is 16.3 Å². The van der Waals surface area contributed by atoms with Crippen LogP contribution in [-0.2, 0) is 9.59 Å². The Morgan fingerprint density at radius 3 is 2.69 bits per heavy atom. The predicted octanol–water partition coefficient (Wildman–Crippen LogP) is 3.53. The van der Waals surface area contributed by atoms with Gasteiger partial charge in [0.15, 0.2) is 0 Å².